The second-order valence-corrected chi connectivity index (χ2v) is 5.66. The first kappa shape index (κ1) is 15.0. The summed E-state index contributed by atoms with van der Waals surface area (Å²) in [5, 5.41) is 22.6. The first-order valence-electron chi connectivity index (χ1n) is 7.37. The van der Waals surface area contributed by atoms with E-state index in [9.17, 15) is 10.1 Å². The molecule has 1 atom stereocenters. The summed E-state index contributed by atoms with van der Waals surface area (Å²) in [6.45, 7) is 4.17. The molecule has 0 aliphatic rings. The van der Waals surface area contributed by atoms with E-state index in [1.54, 1.807) is 12.1 Å². The fourth-order valence-electron chi connectivity index (χ4n) is 2.45. The molecule has 0 saturated carbocycles. The molecule has 118 valence electrons. The van der Waals surface area contributed by atoms with Crippen LogP contribution in [0, 0.1) is 16.0 Å². The predicted molar refractivity (Wildman–Crippen MR) is 88.1 cm³/mol. The van der Waals surface area contributed by atoms with Gasteiger partial charge in [0.25, 0.3) is 5.69 Å². The number of anilines is 1. The second-order valence-electron chi connectivity index (χ2n) is 5.66. The fourth-order valence-corrected chi connectivity index (χ4v) is 2.45. The monoisotopic (exact) mass is 311 g/mol. The number of fused-ring (bicyclic) bond motifs is 1. The Labute approximate surface area is 133 Å². The lowest BCUT2D eigenvalue weighted by Crippen LogP contribution is -2.24. The van der Waals surface area contributed by atoms with Crippen molar-refractivity contribution in [2.75, 3.05) is 5.32 Å². The highest BCUT2D eigenvalue weighted by Gasteiger charge is 2.19. The van der Waals surface area contributed by atoms with Crippen molar-refractivity contribution < 1.29 is 4.92 Å². The molecule has 0 saturated heterocycles. The second kappa shape index (κ2) is 6.04. The van der Waals surface area contributed by atoms with E-state index < -0.39 is 4.92 Å². The SMILES string of the molecule is CC(C)[C@@H](Nc1ccc([N+](=O)[O-])cc1)n1nnc2ccccc21. The van der Waals surface area contributed by atoms with Crippen LogP contribution in [0.3, 0.4) is 0 Å². The van der Waals surface area contributed by atoms with Gasteiger partial charge in [-0.3, -0.25) is 10.1 Å². The summed E-state index contributed by atoms with van der Waals surface area (Å²) in [5.41, 5.74) is 2.65. The minimum Gasteiger partial charge on any atom is -0.363 e. The maximum absolute atomic E-state index is 10.7. The molecule has 0 aliphatic heterocycles. The first-order chi connectivity index (χ1) is 11.1. The van der Waals surface area contributed by atoms with Crippen LogP contribution in [-0.2, 0) is 0 Å². The Morgan fingerprint density at radius 3 is 2.48 bits per heavy atom. The van der Waals surface area contributed by atoms with Crippen molar-refractivity contribution in [1.82, 2.24) is 15.0 Å². The van der Waals surface area contributed by atoms with Crippen LogP contribution in [0.15, 0.2) is 48.5 Å². The Morgan fingerprint density at radius 2 is 1.83 bits per heavy atom. The maximum atomic E-state index is 10.7. The van der Waals surface area contributed by atoms with Crippen molar-refractivity contribution in [3.8, 4) is 0 Å². The minimum atomic E-state index is -0.408. The quantitative estimate of drug-likeness (QED) is 0.574. The number of aromatic nitrogens is 3. The van der Waals surface area contributed by atoms with Gasteiger partial charge in [0.05, 0.1) is 10.4 Å². The van der Waals surface area contributed by atoms with E-state index in [4.69, 9.17) is 0 Å². The van der Waals surface area contributed by atoms with Crippen LogP contribution < -0.4 is 5.32 Å². The minimum absolute atomic E-state index is 0.0721. The number of hydrogen-bond donors (Lipinski definition) is 1. The van der Waals surface area contributed by atoms with Gasteiger partial charge in [-0.15, -0.1) is 5.10 Å². The number of nitrogens with zero attached hydrogens (tertiary/aromatic N) is 4. The lowest BCUT2D eigenvalue weighted by molar-refractivity contribution is -0.384. The van der Waals surface area contributed by atoms with E-state index in [0.29, 0.717) is 0 Å². The Balaban J connectivity index is 1.92. The number of nitro groups is 1. The van der Waals surface area contributed by atoms with Crippen LogP contribution in [0.5, 0.6) is 0 Å². The number of benzene rings is 2. The molecule has 0 amide bonds. The van der Waals surface area contributed by atoms with Gasteiger partial charge in [0, 0.05) is 17.8 Å². The summed E-state index contributed by atoms with van der Waals surface area (Å²) in [4.78, 5) is 10.3. The van der Waals surface area contributed by atoms with Crippen molar-refractivity contribution in [3.05, 3.63) is 58.6 Å². The largest absolute Gasteiger partial charge is 0.363 e. The molecule has 1 aromatic heterocycles. The molecule has 1 N–H and O–H groups in total. The van der Waals surface area contributed by atoms with Gasteiger partial charge >= 0.3 is 0 Å². The van der Waals surface area contributed by atoms with Gasteiger partial charge in [0.15, 0.2) is 0 Å². The van der Waals surface area contributed by atoms with Gasteiger partial charge < -0.3 is 5.32 Å². The van der Waals surface area contributed by atoms with E-state index in [2.05, 4.69) is 29.5 Å². The summed E-state index contributed by atoms with van der Waals surface area (Å²) in [6, 6.07) is 14.1. The molecule has 0 bridgehead atoms. The summed E-state index contributed by atoms with van der Waals surface area (Å²) in [5.74, 6) is 0.246. The molecule has 7 heteroatoms. The van der Waals surface area contributed by atoms with E-state index in [0.717, 1.165) is 16.7 Å². The van der Waals surface area contributed by atoms with Crippen LogP contribution >= 0.6 is 0 Å². The molecular formula is C16H17N5O2. The molecule has 0 fully saturated rings. The van der Waals surface area contributed by atoms with Gasteiger partial charge in [-0.2, -0.15) is 0 Å². The number of non-ortho nitro benzene ring substituents is 1. The molecule has 3 aromatic rings. The van der Waals surface area contributed by atoms with E-state index in [1.807, 2.05) is 28.9 Å². The highest BCUT2D eigenvalue weighted by Crippen LogP contribution is 2.25. The van der Waals surface area contributed by atoms with Crippen LogP contribution in [0.25, 0.3) is 11.0 Å². The Kier molecular flexibility index (Phi) is 3.92. The molecule has 0 aliphatic carbocycles. The van der Waals surface area contributed by atoms with Gasteiger partial charge in [-0.1, -0.05) is 31.2 Å². The van der Waals surface area contributed by atoms with Crippen LogP contribution in [-0.4, -0.2) is 19.9 Å². The van der Waals surface area contributed by atoms with E-state index in [-0.39, 0.29) is 17.8 Å². The van der Waals surface area contributed by atoms with Crippen LogP contribution in [0.2, 0.25) is 0 Å². The zero-order chi connectivity index (χ0) is 16.4. The predicted octanol–water partition coefficient (Wildman–Crippen LogP) is 3.61. The third-order valence-corrected chi connectivity index (χ3v) is 3.67. The molecule has 23 heavy (non-hydrogen) atoms. The maximum Gasteiger partial charge on any atom is 0.269 e. The zero-order valence-corrected chi connectivity index (χ0v) is 12.9. The Morgan fingerprint density at radius 1 is 1.13 bits per heavy atom. The van der Waals surface area contributed by atoms with Gasteiger partial charge in [0.1, 0.15) is 11.7 Å². The summed E-state index contributed by atoms with van der Waals surface area (Å²) >= 11 is 0. The molecule has 0 radical (unpaired) electrons. The van der Waals surface area contributed by atoms with Crippen LogP contribution in [0.4, 0.5) is 11.4 Å². The molecular weight excluding hydrogens is 294 g/mol. The molecule has 2 aromatic carbocycles. The van der Waals surface area contributed by atoms with Crippen molar-refractivity contribution >= 4 is 22.4 Å². The van der Waals surface area contributed by atoms with E-state index >= 15 is 0 Å². The van der Waals surface area contributed by atoms with Crippen molar-refractivity contribution in [2.45, 2.75) is 20.0 Å². The Bertz CT molecular complexity index is 826. The van der Waals surface area contributed by atoms with Crippen molar-refractivity contribution in [2.24, 2.45) is 5.92 Å². The summed E-state index contributed by atoms with van der Waals surface area (Å²) in [6.07, 6.45) is -0.108. The first-order valence-corrected chi connectivity index (χ1v) is 7.37. The normalized spacial score (nSPS) is 12.5. The molecule has 0 spiro atoms. The number of nitro benzene ring substituents is 1. The molecule has 3 rings (SSSR count). The van der Waals surface area contributed by atoms with Crippen molar-refractivity contribution in [3.63, 3.8) is 0 Å². The van der Waals surface area contributed by atoms with Crippen LogP contribution in [0.1, 0.15) is 20.0 Å². The molecule has 0 unspecified atom stereocenters. The van der Waals surface area contributed by atoms with E-state index in [1.165, 1.54) is 12.1 Å². The highest BCUT2D eigenvalue weighted by molar-refractivity contribution is 5.74. The Hall–Kier alpha value is -2.96. The summed E-state index contributed by atoms with van der Waals surface area (Å²) < 4.78 is 1.85. The number of hydrogen-bond acceptors (Lipinski definition) is 5. The summed E-state index contributed by atoms with van der Waals surface area (Å²) in [7, 11) is 0. The molecule has 7 nitrogen and oxygen atoms in total. The standard InChI is InChI=1S/C16H17N5O2/c1-11(2)16(17-12-7-9-13(10-8-12)21(22)23)20-15-6-4-3-5-14(15)18-19-20/h3-11,16-17H,1-2H3/t16-/m0/s1. The van der Waals surface area contributed by atoms with Gasteiger partial charge in [0.2, 0.25) is 0 Å². The van der Waals surface area contributed by atoms with Gasteiger partial charge in [-0.25, -0.2) is 4.68 Å². The zero-order valence-electron chi connectivity index (χ0n) is 12.9. The third kappa shape index (κ3) is 2.98. The fraction of sp³-hybridized carbons (Fsp3) is 0.250. The lowest BCUT2D eigenvalue weighted by atomic mass is 10.1. The average molecular weight is 311 g/mol. The number of nitrogens with one attached hydrogen (secondary N) is 1. The highest BCUT2D eigenvalue weighted by atomic mass is 16.6. The number of rotatable bonds is 5. The average Bonchev–Trinajstić information content (AvgIpc) is 2.96. The topological polar surface area (TPSA) is 85.9 Å². The lowest BCUT2D eigenvalue weighted by Gasteiger charge is -2.24. The van der Waals surface area contributed by atoms with Gasteiger partial charge in [-0.05, 0) is 30.2 Å². The number of para-hydroxylation sites is 1. The smallest absolute Gasteiger partial charge is 0.269 e. The molecule has 1 heterocycles. The third-order valence-electron chi connectivity index (χ3n) is 3.67. The van der Waals surface area contributed by atoms with Crippen molar-refractivity contribution in [1.29, 1.82) is 0 Å².